The molecule has 1 N–H and O–H groups in total. The molecule has 1 aromatic heterocycles. The van der Waals surface area contributed by atoms with Crippen molar-refractivity contribution in [3.8, 4) is 0 Å². The first-order valence-corrected chi connectivity index (χ1v) is 6.97. The van der Waals surface area contributed by atoms with E-state index in [1.165, 1.54) is 18.5 Å². The van der Waals surface area contributed by atoms with Crippen molar-refractivity contribution in [3.63, 3.8) is 0 Å². The molecule has 2 rings (SSSR count). The van der Waals surface area contributed by atoms with Crippen molar-refractivity contribution in [2.45, 2.75) is 33.2 Å². The Morgan fingerprint density at radius 2 is 2.16 bits per heavy atom. The topological polar surface area (TPSA) is 59.1 Å². The van der Waals surface area contributed by atoms with E-state index in [9.17, 15) is 9.59 Å². The van der Waals surface area contributed by atoms with Crippen molar-refractivity contribution in [2.75, 3.05) is 0 Å². The minimum atomic E-state index is -0.436. The van der Waals surface area contributed by atoms with Gasteiger partial charge in [-0.1, -0.05) is 18.6 Å². The Balaban J connectivity index is 2.31. The Morgan fingerprint density at radius 3 is 2.79 bits per heavy atom. The molecule has 0 aliphatic carbocycles. The molecular weight excluding hydrogens is 260 g/mol. The molecule has 0 unspecified atom stereocenters. The highest BCUT2D eigenvalue weighted by Gasteiger charge is 2.19. The van der Waals surface area contributed by atoms with Crippen LogP contribution in [0.1, 0.15) is 36.3 Å². The van der Waals surface area contributed by atoms with Crippen LogP contribution >= 0.6 is 11.5 Å². The van der Waals surface area contributed by atoms with E-state index in [0.29, 0.717) is 12.1 Å². The van der Waals surface area contributed by atoms with Crippen LogP contribution in [0.15, 0.2) is 18.2 Å². The number of aromatic nitrogens is 1. The number of hydrogen-bond donors (Lipinski definition) is 1. The molecule has 1 aromatic carbocycles. The van der Waals surface area contributed by atoms with Gasteiger partial charge in [-0.2, -0.15) is 4.37 Å². The van der Waals surface area contributed by atoms with Crippen LogP contribution in [-0.2, 0) is 4.79 Å². The average molecular weight is 276 g/mol. The van der Waals surface area contributed by atoms with Crippen LogP contribution in [0.5, 0.6) is 0 Å². The molecule has 1 amide bonds. The molecule has 5 heteroatoms. The van der Waals surface area contributed by atoms with Gasteiger partial charge in [-0.05, 0) is 43.9 Å². The predicted molar refractivity (Wildman–Crippen MR) is 76.6 cm³/mol. The second kappa shape index (κ2) is 5.48. The van der Waals surface area contributed by atoms with Gasteiger partial charge in [0.1, 0.15) is 5.69 Å². The molecule has 0 saturated heterocycles. The number of ketones is 1. The molecule has 1 atom stereocenters. The van der Waals surface area contributed by atoms with E-state index in [4.69, 9.17) is 0 Å². The second-order valence-corrected chi connectivity index (χ2v) is 5.38. The molecule has 0 aliphatic rings. The Bertz CT molecular complexity index is 633. The Labute approximate surface area is 116 Å². The smallest absolute Gasteiger partial charge is 0.272 e. The van der Waals surface area contributed by atoms with Crippen molar-refractivity contribution in [2.24, 2.45) is 0 Å². The van der Waals surface area contributed by atoms with E-state index in [1.54, 1.807) is 0 Å². The molecule has 100 valence electrons. The summed E-state index contributed by atoms with van der Waals surface area (Å²) in [6.07, 6.45) is 0.585. The van der Waals surface area contributed by atoms with Gasteiger partial charge in [-0.15, -0.1) is 0 Å². The summed E-state index contributed by atoms with van der Waals surface area (Å²) in [6.45, 7) is 5.33. The van der Waals surface area contributed by atoms with Crippen LogP contribution in [0.4, 0.5) is 0 Å². The third kappa shape index (κ3) is 2.81. The summed E-state index contributed by atoms with van der Waals surface area (Å²) in [5.41, 5.74) is 1.49. The van der Waals surface area contributed by atoms with Crippen LogP contribution in [0.25, 0.3) is 10.1 Å². The molecule has 0 radical (unpaired) electrons. The number of nitrogens with zero attached hydrogens (tertiary/aromatic N) is 1. The van der Waals surface area contributed by atoms with Crippen molar-refractivity contribution in [1.29, 1.82) is 0 Å². The quantitative estimate of drug-likeness (QED) is 0.934. The van der Waals surface area contributed by atoms with Gasteiger partial charge >= 0.3 is 0 Å². The Kier molecular flexibility index (Phi) is 3.95. The first kappa shape index (κ1) is 13.7. The van der Waals surface area contributed by atoms with Gasteiger partial charge in [-0.3, -0.25) is 9.59 Å². The van der Waals surface area contributed by atoms with E-state index in [0.717, 1.165) is 15.6 Å². The second-order valence-electron chi connectivity index (χ2n) is 4.58. The molecule has 0 spiro atoms. The van der Waals surface area contributed by atoms with Crippen molar-refractivity contribution < 1.29 is 9.59 Å². The van der Waals surface area contributed by atoms with E-state index in [2.05, 4.69) is 9.69 Å². The maximum atomic E-state index is 12.2. The summed E-state index contributed by atoms with van der Waals surface area (Å²) in [4.78, 5) is 23.6. The number of benzene rings is 1. The fourth-order valence-electron chi connectivity index (χ4n) is 1.93. The van der Waals surface area contributed by atoms with E-state index in [1.807, 2.05) is 32.0 Å². The molecule has 0 saturated carbocycles. The zero-order valence-electron chi connectivity index (χ0n) is 11.2. The lowest BCUT2D eigenvalue weighted by molar-refractivity contribution is -0.118. The minimum Gasteiger partial charge on any atom is -0.341 e. The number of aryl methyl sites for hydroxylation is 1. The summed E-state index contributed by atoms with van der Waals surface area (Å²) in [5, 5.41) is 3.58. The van der Waals surface area contributed by atoms with Crippen LogP contribution in [0.2, 0.25) is 0 Å². The normalized spacial score (nSPS) is 12.4. The first-order chi connectivity index (χ1) is 9.02. The highest BCUT2D eigenvalue weighted by molar-refractivity contribution is 7.13. The van der Waals surface area contributed by atoms with Crippen LogP contribution in [0.3, 0.4) is 0 Å². The fourth-order valence-corrected chi connectivity index (χ4v) is 2.69. The number of nitrogens with one attached hydrogen (secondary N) is 1. The zero-order valence-corrected chi connectivity index (χ0v) is 12.0. The number of rotatable bonds is 4. The largest absolute Gasteiger partial charge is 0.341 e. The summed E-state index contributed by atoms with van der Waals surface area (Å²) >= 11 is 1.30. The van der Waals surface area contributed by atoms with Gasteiger partial charge in [0.15, 0.2) is 5.78 Å². The van der Waals surface area contributed by atoms with Gasteiger partial charge in [0.05, 0.1) is 10.7 Å². The molecule has 1 heterocycles. The molecule has 0 aliphatic heterocycles. The number of Topliss-reactive ketones (excluding diaryl/α,β-unsaturated/α-hetero) is 1. The number of carbonyl (C=O) groups is 2. The van der Waals surface area contributed by atoms with Crippen LogP contribution in [-0.4, -0.2) is 22.1 Å². The number of carbonyl (C=O) groups excluding carboxylic acids is 2. The van der Waals surface area contributed by atoms with E-state index >= 15 is 0 Å². The van der Waals surface area contributed by atoms with Crippen LogP contribution < -0.4 is 5.32 Å². The summed E-state index contributed by atoms with van der Waals surface area (Å²) in [5.74, 6) is -0.314. The van der Waals surface area contributed by atoms with Gasteiger partial charge in [0.25, 0.3) is 5.91 Å². The van der Waals surface area contributed by atoms with Crippen molar-refractivity contribution >= 4 is 33.3 Å². The lowest BCUT2D eigenvalue weighted by Gasteiger charge is -2.12. The van der Waals surface area contributed by atoms with Crippen molar-refractivity contribution in [3.05, 3.63) is 29.5 Å². The molecule has 4 nitrogen and oxygen atoms in total. The van der Waals surface area contributed by atoms with Gasteiger partial charge in [-0.25, -0.2) is 0 Å². The van der Waals surface area contributed by atoms with E-state index in [-0.39, 0.29) is 11.7 Å². The maximum Gasteiger partial charge on any atom is 0.272 e. The third-order valence-corrected chi connectivity index (χ3v) is 3.87. The molecule has 0 fully saturated rings. The Hall–Kier alpha value is -1.75. The minimum absolute atomic E-state index is 0.0356. The predicted octanol–water partition coefficient (Wildman–Crippen LogP) is 2.70. The maximum absolute atomic E-state index is 12.2. The van der Waals surface area contributed by atoms with Gasteiger partial charge in [0, 0.05) is 5.39 Å². The zero-order chi connectivity index (χ0) is 14.0. The average Bonchev–Trinajstić information content (AvgIpc) is 2.78. The summed E-state index contributed by atoms with van der Waals surface area (Å²) in [7, 11) is 0. The number of fused-ring (bicyclic) bond motifs is 1. The molecule has 0 bridgehead atoms. The van der Waals surface area contributed by atoms with E-state index < -0.39 is 6.04 Å². The highest BCUT2D eigenvalue weighted by atomic mass is 32.1. The molecular formula is C14H16N2O2S. The number of hydrogen-bond acceptors (Lipinski definition) is 4. The summed E-state index contributed by atoms with van der Waals surface area (Å²) in [6, 6.07) is 5.46. The standard InChI is InChI=1S/C14H16N2O2S/c1-4-11(9(3)17)15-14(18)13-10-7-8(2)5-6-12(10)19-16-13/h5-7,11H,4H2,1-3H3,(H,15,18)/t11-/m0/s1. The monoisotopic (exact) mass is 276 g/mol. The highest BCUT2D eigenvalue weighted by Crippen LogP contribution is 2.23. The van der Waals surface area contributed by atoms with Gasteiger partial charge < -0.3 is 5.32 Å². The third-order valence-electron chi connectivity index (χ3n) is 3.04. The molecule has 2 aromatic rings. The molecule has 19 heavy (non-hydrogen) atoms. The fraction of sp³-hybridized carbons (Fsp3) is 0.357. The SMILES string of the molecule is CC[C@H](NC(=O)c1nsc2ccc(C)cc12)C(C)=O. The lowest BCUT2D eigenvalue weighted by atomic mass is 10.1. The van der Waals surface area contributed by atoms with Crippen LogP contribution in [0, 0.1) is 6.92 Å². The van der Waals surface area contributed by atoms with Gasteiger partial charge in [0.2, 0.25) is 0 Å². The van der Waals surface area contributed by atoms with Crippen molar-refractivity contribution in [1.82, 2.24) is 9.69 Å². The number of amides is 1. The lowest BCUT2D eigenvalue weighted by Crippen LogP contribution is -2.39. The first-order valence-electron chi connectivity index (χ1n) is 6.20. The summed E-state index contributed by atoms with van der Waals surface area (Å²) < 4.78 is 5.18. The Morgan fingerprint density at radius 1 is 1.42 bits per heavy atom.